The van der Waals surface area contributed by atoms with Gasteiger partial charge in [0.2, 0.25) is 6.33 Å². The molecule has 1 aromatic heterocycles. The van der Waals surface area contributed by atoms with Crippen LogP contribution in [0.3, 0.4) is 0 Å². The van der Waals surface area contributed by atoms with E-state index in [0.29, 0.717) is 22.2 Å². The number of aromatic nitrogens is 2. The molecule has 150 valence electrons. The summed E-state index contributed by atoms with van der Waals surface area (Å²) in [6.07, 6.45) is 6.31. The summed E-state index contributed by atoms with van der Waals surface area (Å²) in [6.45, 7) is 0. The van der Waals surface area contributed by atoms with Crippen molar-refractivity contribution in [3.05, 3.63) is 65.7 Å². The van der Waals surface area contributed by atoms with E-state index < -0.39 is 34.6 Å². The zero-order valence-corrected chi connectivity index (χ0v) is 16.6. The lowest BCUT2D eigenvalue weighted by Gasteiger charge is -2.33. The van der Waals surface area contributed by atoms with E-state index in [2.05, 4.69) is 9.97 Å². The Hall–Kier alpha value is -3.33. The van der Waals surface area contributed by atoms with Crippen molar-refractivity contribution in [3.8, 4) is 0 Å². The maximum Gasteiger partial charge on any atom is 0.262 e. The van der Waals surface area contributed by atoms with Crippen molar-refractivity contribution in [2.75, 3.05) is 12.5 Å². The average molecular weight is 413 g/mol. The molecule has 0 bridgehead atoms. The number of imidazole rings is 1. The summed E-state index contributed by atoms with van der Waals surface area (Å²) in [6, 6.07) is 8.83. The van der Waals surface area contributed by atoms with Crippen LogP contribution in [-0.2, 0) is 22.0 Å². The molecule has 2 N–H and O–H groups in total. The molecule has 0 radical (unpaired) electrons. The zero-order chi connectivity index (χ0) is 21.1. The Balaban J connectivity index is 0.000000552. The molecule has 4 rings (SSSR count). The van der Waals surface area contributed by atoms with Gasteiger partial charge in [0.15, 0.2) is 0 Å². The number of carboxylic acid groups (broad SMARTS) is 1. The van der Waals surface area contributed by atoms with Gasteiger partial charge in [0.1, 0.15) is 11.9 Å². The van der Waals surface area contributed by atoms with Crippen LogP contribution in [-0.4, -0.2) is 50.4 Å². The first-order valence-corrected chi connectivity index (χ1v) is 10.7. The highest BCUT2D eigenvalue weighted by molar-refractivity contribution is 7.83. The minimum Gasteiger partial charge on any atom is -0.548 e. The molecule has 0 saturated carbocycles. The van der Waals surface area contributed by atoms with E-state index in [1.165, 1.54) is 6.33 Å². The first kappa shape index (κ1) is 20.4. The number of carbonyl (C=O) groups excluding carboxylic acids is 3. The summed E-state index contributed by atoms with van der Waals surface area (Å²) in [4.78, 5) is 43.9. The van der Waals surface area contributed by atoms with Gasteiger partial charge in [-0.25, -0.2) is 4.98 Å². The standard InChI is InChI=1S/C18H13N3O4.C2H6OS/c22-16-12-5-1-3-10-4-2-6-13(15(10)12)17(23)21(16)14(18(24)25)7-11-8-19-9-20-11;1-4(2)3/h1-6,8-9,14H,7H2,(H,19,20)(H,24,25);1-2H3/t14-;/m0./s1. The van der Waals surface area contributed by atoms with E-state index >= 15 is 0 Å². The number of nitrogens with zero attached hydrogens (tertiary/aromatic N) is 1. The lowest BCUT2D eigenvalue weighted by Crippen LogP contribution is -2.55. The van der Waals surface area contributed by atoms with Gasteiger partial charge in [0.05, 0.1) is 12.0 Å². The molecule has 2 heterocycles. The summed E-state index contributed by atoms with van der Waals surface area (Å²) < 4.78 is 9.56. The van der Waals surface area contributed by atoms with Gasteiger partial charge in [-0.05, 0) is 17.5 Å². The minimum absolute atomic E-state index is 0.0680. The molecule has 8 nitrogen and oxygen atoms in total. The Morgan fingerprint density at radius 2 is 1.69 bits per heavy atom. The number of amides is 2. The van der Waals surface area contributed by atoms with E-state index in [1.807, 2.05) is 12.1 Å². The minimum atomic E-state index is -1.48. The fourth-order valence-electron chi connectivity index (χ4n) is 3.26. The lowest BCUT2D eigenvalue weighted by molar-refractivity contribution is -0.376. The number of carbonyl (C=O) groups is 3. The van der Waals surface area contributed by atoms with Gasteiger partial charge in [0, 0.05) is 46.2 Å². The average Bonchev–Trinajstić information content (AvgIpc) is 3.18. The number of aromatic amines is 2. The van der Waals surface area contributed by atoms with E-state index in [-0.39, 0.29) is 6.42 Å². The summed E-state index contributed by atoms with van der Waals surface area (Å²) in [5.41, 5.74) is 1.18. The second-order valence-corrected chi connectivity index (χ2v) is 8.08. The largest absolute Gasteiger partial charge is 0.548 e. The third-order valence-electron chi connectivity index (χ3n) is 4.40. The molecular formula is C20H19N3O5S. The molecule has 1 atom stereocenters. The van der Waals surface area contributed by atoms with Gasteiger partial charge >= 0.3 is 0 Å². The molecule has 9 heteroatoms. The summed E-state index contributed by atoms with van der Waals surface area (Å²) in [7, 11) is -0.611. The highest BCUT2D eigenvalue weighted by Crippen LogP contribution is 2.31. The van der Waals surface area contributed by atoms with Crippen LogP contribution in [0.4, 0.5) is 0 Å². The molecule has 0 saturated heterocycles. The molecule has 0 unspecified atom stereocenters. The molecule has 0 fully saturated rings. The Labute approximate surface area is 169 Å². The Morgan fingerprint density at radius 3 is 2.14 bits per heavy atom. The van der Waals surface area contributed by atoms with Gasteiger partial charge in [-0.15, -0.1) is 0 Å². The van der Waals surface area contributed by atoms with Crippen molar-refractivity contribution in [2.24, 2.45) is 0 Å². The van der Waals surface area contributed by atoms with Crippen LogP contribution in [0.15, 0.2) is 48.9 Å². The number of hydrogen-bond acceptors (Lipinski definition) is 5. The van der Waals surface area contributed by atoms with Crippen molar-refractivity contribution in [1.82, 2.24) is 9.88 Å². The number of benzene rings is 2. The van der Waals surface area contributed by atoms with E-state index in [4.69, 9.17) is 0 Å². The van der Waals surface area contributed by atoms with Gasteiger partial charge in [-0.3, -0.25) is 23.7 Å². The fourth-order valence-corrected chi connectivity index (χ4v) is 3.26. The van der Waals surface area contributed by atoms with Crippen molar-refractivity contribution >= 4 is 39.4 Å². The number of imide groups is 1. The third-order valence-corrected chi connectivity index (χ3v) is 4.40. The predicted molar refractivity (Wildman–Crippen MR) is 104 cm³/mol. The molecule has 1 aliphatic rings. The molecular weight excluding hydrogens is 394 g/mol. The van der Waals surface area contributed by atoms with Gasteiger partial charge in [0.25, 0.3) is 11.8 Å². The Morgan fingerprint density at radius 1 is 1.14 bits per heavy atom. The number of rotatable bonds is 4. The first-order valence-electron chi connectivity index (χ1n) is 8.70. The van der Waals surface area contributed by atoms with Crippen LogP contribution >= 0.6 is 0 Å². The van der Waals surface area contributed by atoms with Crippen molar-refractivity contribution in [1.29, 1.82) is 0 Å². The molecule has 0 aliphatic carbocycles. The number of H-pyrrole nitrogens is 2. The quantitative estimate of drug-likeness (QED) is 0.600. The third kappa shape index (κ3) is 4.09. The van der Waals surface area contributed by atoms with Gasteiger partial charge in [-0.1, -0.05) is 24.3 Å². The van der Waals surface area contributed by atoms with Crippen LogP contribution in [0.5, 0.6) is 0 Å². The van der Waals surface area contributed by atoms with Crippen LogP contribution in [0.1, 0.15) is 26.4 Å². The number of carboxylic acids is 1. The summed E-state index contributed by atoms with van der Waals surface area (Å²) in [5, 5.41) is 13.0. The first-order chi connectivity index (χ1) is 13.8. The highest BCUT2D eigenvalue weighted by Gasteiger charge is 2.38. The van der Waals surface area contributed by atoms with Crippen LogP contribution < -0.4 is 10.1 Å². The van der Waals surface area contributed by atoms with Crippen LogP contribution in [0, 0.1) is 0 Å². The molecule has 2 aromatic carbocycles. The SMILES string of the molecule is CS(C)=O.O=C([O-])[C@H](Cc1c[nH+]c[nH]1)N1C(=O)c2cccc3cccc(c23)C1=O. The van der Waals surface area contributed by atoms with Crippen LogP contribution in [0.2, 0.25) is 0 Å². The maximum absolute atomic E-state index is 12.9. The fraction of sp³-hybridized carbons (Fsp3) is 0.200. The number of hydrogen-bond donors (Lipinski definition) is 1. The number of aliphatic carboxylic acids is 1. The molecule has 1 aliphatic heterocycles. The smallest absolute Gasteiger partial charge is 0.262 e. The molecule has 0 spiro atoms. The van der Waals surface area contributed by atoms with Crippen molar-refractivity contribution in [2.45, 2.75) is 12.5 Å². The highest BCUT2D eigenvalue weighted by atomic mass is 32.2. The molecule has 2 amide bonds. The zero-order valence-electron chi connectivity index (χ0n) is 15.8. The van der Waals surface area contributed by atoms with E-state index in [1.54, 1.807) is 43.0 Å². The molecule has 29 heavy (non-hydrogen) atoms. The van der Waals surface area contributed by atoms with Gasteiger partial charge in [-0.2, -0.15) is 0 Å². The van der Waals surface area contributed by atoms with Crippen LogP contribution in [0.25, 0.3) is 10.8 Å². The maximum atomic E-state index is 12.9. The summed E-state index contributed by atoms with van der Waals surface area (Å²) >= 11 is 0. The monoisotopic (exact) mass is 413 g/mol. The van der Waals surface area contributed by atoms with E-state index in [9.17, 15) is 23.7 Å². The second-order valence-electron chi connectivity index (χ2n) is 6.60. The lowest BCUT2D eigenvalue weighted by atomic mass is 9.92. The van der Waals surface area contributed by atoms with Gasteiger partial charge < -0.3 is 9.90 Å². The van der Waals surface area contributed by atoms with Crippen molar-refractivity contribution < 1.29 is 28.7 Å². The second kappa shape index (κ2) is 8.36. The topological polar surface area (TPSA) is 125 Å². The summed E-state index contributed by atoms with van der Waals surface area (Å²) in [5.74, 6) is -2.74. The normalized spacial score (nSPS) is 14.0. The van der Waals surface area contributed by atoms with Crippen molar-refractivity contribution in [3.63, 3.8) is 0 Å². The van der Waals surface area contributed by atoms with E-state index in [0.717, 1.165) is 10.3 Å². The Kier molecular flexibility index (Phi) is 5.88. The number of nitrogens with one attached hydrogen (secondary N) is 2. The Bertz CT molecular complexity index is 1060. The predicted octanol–water partition coefficient (Wildman–Crippen LogP) is -0.0661. The molecule has 3 aromatic rings.